The molecule has 1 fully saturated rings. The Hall–Kier alpha value is -0.650. The second-order valence-electron chi connectivity index (χ2n) is 4.42. The largest absolute Gasteiger partial charge is 0.374 e. The zero-order valence-corrected chi connectivity index (χ0v) is 10.3. The SMILES string of the molecule is CN(C)C(=O)CCCN1CCOC(CN)C1. The predicted molar refractivity (Wildman–Crippen MR) is 63.2 cm³/mol. The lowest BCUT2D eigenvalue weighted by molar-refractivity contribution is -0.128. The molecule has 94 valence electrons. The summed E-state index contributed by atoms with van der Waals surface area (Å²) in [4.78, 5) is 15.3. The van der Waals surface area contributed by atoms with Gasteiger partial charge in [0.25, 0.3) is 0 Å². The number of nitrogens with two attached hydrogens (primary N) is 1. The van der Waals surface area contributed by atoms with Crippen LogP contribution in [0.1, 0.15) is 12.8 Å². The zero-order valence-electron chi connectivity index (χ0n) is 10.3. The van der Waals surface area contributed by atoms with Crippen LogP contribution in [-0.4, -0.2) is 68.7 Å². The van der Waals surface area contributed by atoms with Crippen molar-refractivity contribution in [3.63, 3.8) is 0 Å². The number of rotatable bonds is 5. The Bertz CT molecular complexity index is 221. The van der Waals surface area contributed by atoms with Crippen molar-refractivity contribution in [2.75, 3.05) is 46.9 Å². The molecule has 0 spiro atoms. The summed E-state index contributed by atoms with van der Waals surface area (Å²) in [7, 11) is 3.59. The van der Waals surface area contributed by atoms with E-state index in [4.69, 9.17) is 10.5 Å². The molecule has 0 aliphatic carbocycles. The number of amides is 1. The van der Waals surface area contributed by atoms with Gasteiger partial charge in [-0.3, -0.25) is 9.69 Å². The molecule has 1 unspecified atom stereocenters. The van der Waals surface area contributed by atoms with Gasteiger partial charge in [0.05, 0.1) is 12.7 Å². The summed E-state index contributed by atoms with van der Waals surface area (Å²) >= 11 is 0. The van der Waals surface area contributed by atoms with Crippen molar-refractivity contribution >= 4 is 5.91 Å². The highest BCUT2D eigenvalue weighted by molar-refractivity contribution is 5.75. The second kappa shape index (κ2) is 6.83. The van der Waals surface area contributed by atoms with Crippen molar-refractivity contribution in [1.29, 1.82) is 0 Å². The number of carbonyl (C=O) groups excluding carboxylic acids is 1. The van der Waals surface area contributed by atoms with Crippen LogP contribution < -0.4 is 5.73 Å². The van der Waals surface area contributed by atoms with Crippen LogP contribution in [0.5, 0.6) is 0 Å². The first-order valence-electron chi connectivity index (χ1n) is 5.87. The Morgan fingerprint density at radius 1 is 1.56 bits per heavy atom. The molecular formula is C11H23N3O2. The average molecular weight is 229 g/mol. The van der Waals surface area contributed by atoms with Gasteiger partial charge in [0.1, 0.15) is 0 Å². The standard InChI is InChI=1S/C11H23N3O2/c1-13(2)11(15)4-3-5-14-6-7-16-10(8-12)9-14/h10H,3-9,12H2,1-2H3. The van der Waals surface area contributed by atoms with Crippen LogP contribution in [0.2, 0.25) is 0 Å². The summed E-state index contributed by atoms with van der Waals surface area (Å²) in [6.45, 7) is 4.13. The summed E-state index contributed by atoms with van der Waals surface area (Å²) in [5.74, 6) is 0.198. The molecule has 0 aromatic heterocycles. The third kappa shape index (κ3) is 4.47. The highest BCUT2D eigenvalue weighted by atomic mass is 16.5. The van der Waals surface area contributed by atoms with Crippen molar-refractivity contribution in [3.05, 3.63) is 0 Å². The van der Waals surface area contributed by atoms with E-state index in [-0.39, 0.29) is 12.0 Å². The molecule has 1 amide bonds. The van der Waals surface area contributed by atoms with Gasteiger partial charge in [-0.05, 0) is 13.0 Å². The van der Waals surface area contributed by atoms with Crippen LogP contribution in [0.3, 0.4) is 0 Å². The minimum atomic E-state index is 0.165. The molecule has 0 saturated carbocycles. The molecule has 1 aliphatic heterocycles. The maximum absolute atomic E-state index is 11.4. The van der Waals surface area contributed by atoms with Crippen LogP contribution in [0.25, 0.3) is 0 Å². The molecule has 1 rings (SSSR count). The van der Waals surface area contributed by atoms with Gasteiger partial charge < -0.3 is 15.4 Å². The van der Waals surface area contributed by atoms with Gasteiger partial charge in [-0.25, -0.2) is 0 Å². The fraction of sp³-hybridized carbons (Fsp3) is 0.909. The quantitative estimate of drug-likeness (QED) is 0.691. The van der Waals surface area contributed by atoms with Gasteiger partial charge in [0.15, 0.2) is 0 Å². The lowest BCUT2D eigenvalue weighted by Crippen LogP contribution is -2.45. The van der Waals surface area contributed by atoms with Crippen LogP contribution in [0.15, 0.2) is 0 Å². The molecule has 0 aromatic carbocycles. The summed E-state index contributed by atoms with van der Waals surface area (Å²) < 4.78 is 5.48. The van der Waals surface area contributed by atoms with Crippen LogP contribution in [0.4, 0.5) is 0 Å². The highest BCUT2D eigenvalue weighted by Crippen LogP contribution is 2.05. The van der Waals surface area contributed by atoms with Gasteiger partial charge in [0, 0.05) is 40.2 Å². The lowest BCUT2D eigenvalue weighted by atomic mass is 10.2. The number of nitrogens with zero attached hydrogens (tertiary/aromatic N) is 2. The third-order valence-electron chi connectivity index (χ3n) is 2.85. The van der Waals surface area contributed by atoms with Gasteiger partial charge >= 0.3 is 0 Å². The molecule has 0 radical (unpaired) electrons. The number of carbonyl (C=O) groups is 1. The molecular weight excluding hydrogens is 206 g/mol. The highest BCUT2D eigenvalue weighted by Gasteiger charge is 2.18. The van der Waals surface area contributed by atoms with E-state index in [9.17, 15) is 4.79 Å². The van der Waals surface area contributed by atoms with E-state index in [1.54, 1.807) is 19.0 Å². The fourth-order valence-electron chi connectivity index (χ4n) is 1.80. The van der Waals surface area contributed by atoms with Crippen LogP contribution in [0, 0.1) is 0 Å². The Morgan fingerprint density at radius 3 is 2.94 bits per heavy atom. The van der Waals surface area contributed by atoms with E-state index in [1.807, 2.05) is 0 Å². The normalized spacial score (nSPS) is 22.1. The summed E-state index contributed by atoms with van der Waals surface area (Å²) in [5, 5.41) is 0. The Balaban J connectivity index is 2.15. The maximum atomic E-state index is 11.4. The second-order valence-corrected chi connectivity index (χ2v) is 4.42. The first kappa shape index (κ1) is 13.4. The molecule has 1 aliphatic rings. The third-order valence-corrected chi connectivity index (χ3v) is 2.85. The van der Waals surface area contributed by atoms with E-state index in [2.05, 4.69) is 4.90 Å². The van der Waals surface area contributed by atoms with Crippen LogP contribution in [-0.2, 0) is 9.53 Å². The van der Waals surface area contributed by atoms with Crippen molar-refractivity contribution in [3.8, 4) is 0 Å². The molecule has 1 saturated heterocycles. The predicted octanol–water partition coefficient (Wildman–Crippen LogP) is -0.486. The number of morpholine rings is 1. The minimum Gasteiger partial charge on any atom is -0.374 e. The van der Waals surface area contributed by atoms with Crippen molar-refractivity contribution in [2.45, 2.75) is 18.9 Å². The topological polar surface area (TPSA) is 58.8 Å². The van der Waals surface area contributed by atoms with Crippen molar-refractivity contribution in [2.24, 2.45) is 5.73 Å². The van der Waals surface area contributed by atoms with E-state index in [1.165, 1.54) is 0 Å². The molecule has 1 heterocycles. The molecule has 5 heteroatoms. The van der Waals surface area contributed by atoms with Crippen LogP contribution >= 0.6 is 0 Å². The molecule has 16 heavy (non-hydrogen) atoms. The molecule has 0 aromatic rings. The van der Waals surface area contributed by atoms with Crippen molar-refractivity contribution in [1.82, 2.24) is 9.80 Å². The first-order chi connectivity index (χ1) is 7.63. The van der Waals surface area contributed by atoms with E-state index in [0.29, 0.717) is 13.0 Å². The Morgan fingerprint density at radius 2 is 2.31 bits per heavy atom. The van der Waals surface area contributed by atoms with Gasteiger partial charge in [0.2, 0.25) is 5.91 Å². The summed E-state index contributed by atoms with van der Waals surface area (Å²) in [5.41, 5.74) is 5.57. The molecule has 0 bridgehead atoms. The maximum Gasteiger partial charge on any atom is 0.222 e. The number of hydrogen-bond donors (Lipinski definition) is 1. The minimum absolute atomic E-state index is 0.165. The lowest BCUT2D eigenvalue weighted by Gasteiger charge is -2.32. The average Bonchev–Trinajstić information content (AvgIpc) is 2.29. The molecule has 5 nitrogen and oxygen atoms in total. The first-order valence-corrected chi connectivity index (χ1v) is 5.87. The Kier molecular flexibility index (Phi) is 5.73. The van der Waals surface area contributed by atoms with Gasteiger partial charge in [-0.2, -0.15) is 0 Å². The smallest absolute Gasteiger partial charge is 0.222 e. The molecule has 2 N–H and O–H groups in total. The number of ether oxygens (including phenoxy) is 1. The summed E-state index contributed by atoms with van der Waals surface area (Å²) in [6.07, 6.45) is 1.70. The Labute approximate surface area is 97.5 Å². The number of hydrogen-bond acceptors (Lipinski definition) is 4. The fourth-order valence-corrected chi connectivity index (χ4v) is 1.80. The summed E-state index contributed by atoms with van der Waals surface area (Å²) in [6, 6.07) is 0. The zero-order chi connectivity index (χ0) is 12.0. The van der Waals surface area contributed by atoms with E-state index >= 15 is 0 Å². The van der Waals surface area contributed by atoms with E-state index < -0.39 is 0 Å². The van der Waals surface area contributed by atoms with E-state index in [0.717, 1.165) is 32.7 Å². The monoisotopic (exact) mass is 229 g/mol. The van der Waals surface area contributed by atoms with Gasteiger partial charge in [-0.15, -0.1) is 0 Å². The molecule has 1 atom stereocenters. The van der Waals surface area contributed by atoms with Crippen molar-refractivity contribution < 1.29 is 9.53 Å². The van der Waals surface area contributed by atoms with Gasteiger partial charge in [-0.1, -0.05) is 0 Å².